The second-order valence-electron chi connectivity index (χ2n) is 4.55. The molecule has 2 rings (SSSR count). The van der Waals surface area contributed by atoms with Crippen LogP contribution in [0.1, 0.15) is 38.1 Å². The summed E-state index contributed by atoms with van der Waals surface area (Å²) >= 11 is 0. The fourth-order valence-electron chi connectivity index (χ4n) is 2.29. The maximum atomic E-state index is 11.2. The normalized spacial score (nSPS) is 19.2. The molecule has 1 aromatic heterocycles. The van der Waals surface area contributed by atoms with Gasteiger partial charge in [-0.3, -0.25) is 0 Å². The van der Waals surface area contributed by atoms with Gasteiger partial charge in [-0.15, -0.1) is 0 Å². The summed E-state index contributed by atoms with van der Waals surface area (Å²) in [5.74, 6) is -0.202. The molecule has 98 valence electrons. The van der Waals surface area contributed by atoms with E-state index in [1.54, 1.807) is 0 Å². The zero-order chi connectivity index (χ0) is 13.1. The molecule has 0 aliphatic carbocycles. The summed E-state index contributed by atoms with van der Waals surface area (Å²) in [6, 6.07) is 1.52. The van der Waals surface area contributed by atoms with Crippen LogP contribution in [0.2, 0.25) is 0 Å². The first-order valence-electron chi connectivity index (χ1n) is 6.52. The molecule has 1 aromatic rings. The Morgan fingerprint density at radius 3 is 2.50 bits per heavy atom. The Labute approximate surface area is 107 Å². The summed E-state index contributed by atoms with van der Waals surface area (Å²) in [5.41, 5.74) is 1.96. The third kappa shape index (κ3) is 2.44. The van der Waals surface area contributed by atoms with Crippen molar-refractivity contribution < 1.29 is 9.90 Å². The number of hydrogen-bond donors (Lipinski definition) is 1. The molecule has 0 saturated carbocycles. The molecule has 5 heteroatoms. The predicted octanol–water partition coefficient (Wildman–Crippen LogP) is 1.65. The summed E-state index contributed by atoms with van der Waals surface area (Å²) in [4.78, 5) is 21.9. The van der Waals surface area contributed by atoms with Crippen molar-refractivity contribution >= 4 is 11.9 Å². The van der Waals surface area contributed by atoms with Crippen LogP contribution in [0.3, 0.4) is 0 Å². The summed E-state index contributed by atoms with van der Waals surface area (Å²) in [5, 5.41) is 9.20. The molecule has 1 fully saturated rings. The number of nitrogens with zero attached hydrogens (tertiary/aromatic N) is 3. The number of aliphatic carboxylic acids is 1. The average Bonchev–Trinajstić information content (AvgIpc) is 2.87. The van der Waals surface area contributed by atoms with Gasteiger partial charge in [-0.2, -0.15) is 0 Å². The van der Waals surface area contributed by atoms with Crippen molar-refractivity contribution in [2.45, 2.75) is 45.6 Å². The molecular formula is C13H19N3O2. The van der Waals surface area contributed by atoms with E-state index in [4.69, 9.17) is 0 Å². The van der Waals surface area contributed by atoms with E-state index >= 15 is 0 Å². The second kappa shape index (κ2) is 5.33. The van der Waals surface area contributed by atoms with E-state index in [1.807, 2.05) is 24.8 Å². The van der Waals surface area contributed by atoms with E-state index in [0.717, 1.165) is 37.2 Å². The summed E-state index contributed by atoms with van der Waals surface area (Å²) in [6.45, 7) is 4.82. The van der Waals surface area contributed by atoms with Gasteiger partial charge < -0.3 is 10.0 Å². The summed E-state index contributed by atoms with van der Waals surface area (Å²) in [7, 11) is 0. The molecule has 1 atom stereocenters. The molecule has 18 heavy (non-hydrogen) atoms. The third-order valence-electron chi connectivity index (χ3n) is 3.34. The summed E-state index contributed by atoms with van der Waals surface area (Å²) < 4.78 is 0. The minimum absolute atomic E-state index is 0.471. The van der Waals surface area contributed by atoms with Crippen molar-refractivity contribution in [3.8, 4) is 0 Å². The highest BCUT2D eigenvalue weighted by Gasteiger charge is 2.32. The van der Waals surface area contributed by atoms with E-state index < -0.39 is 12.0 Å². The molecule has 5 nitrogen and oxygen atoms in total. The highest BCUT2D eigenvalue weighted by molar-refractivity contribution is 5.78. The maximum Gasteiger partial charge on any atom is 0.326 e. The molecule has 1 aliphatic heterocycles. The third-order valence-corrected chi connectivity index (χ3v) is 3.34. The van der Waals surface area contributed by atoms with Gasteiger partial charge in [0.1, 0.15) is 6.04 Å². The van der Waals surface area contributed by atoms with Crippen molar-refractivity contribution in [1.82, 2.24) is 9.97 Å². The van der Waals surface area contributed by atoms with Gasteiger partial charge in [0.25, 0.3) is 0 Å². The molecule has 1 saturated heterocycles. The van der Waals surface area contributed by atoms with Gasteiger partial charge in [-0.1, -0.05) is 13.8 Å². The van der Waals surface area contributed by atoms with Gasteiger partial charge in [0.2, 0.25) is 5.95 Å². The van der Waals surface area contributed by atoms with Crippen LogP contribution < -0.4 is 4.90 Å². The predicted molar refractivity (Wildman–Crippen MR) is 68.8 cm³/mol. The van der Waals surface area contributed by atoms with Crippen LogP contribution >= 0.6 is 0 Å². The summed E-state index contributed by atoms with van der Waals surface area (Å²) in [6.07, 6.45) is 3.25. The van der Waals surface area contributed by atoms with Gasteiger partial charge in [-0.25, -0.2) is 14.8 Å². The van der Waals surface area contributed by atoms with Gasteiger partial charge >= 0.3 is 5.97 Å². The Morgan fingerprint density at radius 2 is 2.00 bits per heavy atom. The highest BCUT2D eigenvalue weighted by Crippen LogP contribution is 2.23. The lowest BCUT2D eigenvalue weighted by atomic mass is 10.2. The lowest BCUT2D eigenvalue weighted by Crippen LogP contribution is -2.37. The first-order chi connectivity index (χ1) is 8.65. The van der Waals surface area contributed by atoms with Gasteiger partial charge in [0.15, 0.2) is 0 Å². The number of carboxylic acid groups (broad SMARTS) is 1. The highest BCUT2D eigenvalue weighted by atomic mass is 16.4. The molecule has 0 spiro atoms. The van der Waals surface area contributed by atoms with Crippen molar-refractivity contribution in [2.75, 3.05) is 11.4 Å². The van der Waals surface area contributed by atoms with Crippen LogP contribution in [0, 0.1) is 0 Å². The standard InChI is InChI=1S/C13H19N3O2/c1-3-9-8-10(4-2)15-13(14-9)16-7-5-6-11(16)12(17)18/h8,11H,3-7H2,1-2H3,(H,17,18). The van der Waals surface area contributed by atoms with Gasteiger partial charge in [0.05, 0.1) is 0 Å². The zero-order valence-corrected chi connectivity index (χ0v) is 10.9. The number of aryl methyl sites for hydroxylation is 2. The molecule has 0 aromatic carbocycles. The van der Waals surface area contributed by atoms with Crippen LogP contribution in [0.15, 0.2) is 6.07 Å². The van der Waals surface area contributed by atoms with Gasteiger partial charge in [-0.05, 0) is 31.7 Å². The van der Waals surface area contributed by atoms with E-state index in [1.165, 1.54) is 0 Å². The maximum absolute atomic E-state index is 11.2. The first kappa shape index (κ1) is 12.8. The molecule has 2 heterocycles. The van der Waals surface area contributed by atoms with E-state index in [2.05, 4.69) is 9.97 Å². The van der Waals surface area contributed by atoms with Crippen LogP contribution in [-0.2, 0) is 17.6 Å². The van der Waals surface area contributed by atoms with Crippen molar-refractivity contribution in [2.24, 2.45) is 0 Å². The molecule has 1 unspecified atom stereocenters. The lowest BCUT2D eigenvalue weighted by Gasteiger charge is -2.22. The SMILES string of the molecule is CCc1cc(CC)nc(N2CCCC2C(=O)O)n1. The van der Waals surface area contributed by atoms with Crippen molar-refractivity contribution in [3.05, 3.63) is 17.5 Å². The Morgan fingerprint density at radius 1 is 1.39 bits per heavy atom. The van der Waals surface area contributed by atoms with Crippen LogP contribution in [0.4, 0.5) is 5.95 Å². The molecule has 1 N–H and O–H groups in total. The van der Waals surface area contributed by atoms with E-state index in [0.29, 0.717) is 12.4 Å². The number of aromatic nitrogens is 2. The molecular weight excluding hydrogens is 230 g/mol. The topological polar surface area (TPSA) is 66.3 Å². The molecule has 0 radical (unpaired) electrons. The number of carbonyl (C=O) groups is 1. The number of hydrogen-bond acceptors (Lipinski definition) is 4. The van der Waals surface area contributed by atoms with Crippen LogP contribution in [0.25, 0.3) is 0 Å². The molecule has 0 bridgehead atoms. The number of rotatable bonds is 4. The first-order valence-corrected chi connectivity index (χ1v) is 6.52. The average molecular weight is 249 g/mol. The van der Waals surface area contributed by atoms with Crippen molar-refractivity contribution in [1.29, 1.82) is 0 Å². The molecule has 0 amide bonds. The van der Waals surface area contributed by atoms with E-state index in [-0.39, 0.29) is 0 Å². The minimum Gasteiger partial charge on any atom is -0.480 e. The largest absolute Gasteiger partial charge is 0.480 e. The van der Waals surface area contributed by atoms with Crippen LogP contribution in [-0.4, -0.2) is 33.6 Å². The zero-order valence-electron chi connectivity index (χ0n) is 10.9. The quantitative estimate of drug-likeness (QED) is 0.879. The fraction of sp³-hybridized carbons (Fsp3) is 0.615. The van der Waals surface area contributed by atoms with Crippen LogP contribution in [0.5, 0.6) is 0 Å². The molecule has 1 aliphatic rings. The Hall–Kier alpha value is -1.65. The van der Waals surface area contributed by atoms with Crippen molar-refractivity contribution in [3.63, 3.8) is 0 Å². The minimum atomic E-state index is -0.781. The Kier molecular flexibility index (Phi) is 3.79. The number of anilines is 1. The van der Waals surface area contributed by atoms with Gasteiger partial charge in [0, 0.05) is 17.9 Å². The fourth-order valence-corrected chi connectivity index (χ4v) is 2.29. The van der Waals surface area contributed by atoms with E-state index in [9.17, 15) is 9.90 Å². The lowest BCUT2D eigenvalue weighted by molar-refractivity contribution is -0.138. The number of carboxylic acids is 1. The Balaban J connectivity index is 2.34. The smallest absolute Gasteiger partial charge is 0.326 e. The Bertz CT molecular complexity index is 426. The monoisotopic (exact) mass is 249 g/mol. The second-order valence-corrected chi connectivity index (χ2v) is 4.55.